The van der Waals surface area contributed by atoms with Crippen molar-refractivity contribution >= 4 is 58.6 Å². The Labute approximate surface area is 311 Å². The molecule has 2 saturated heterocycles. The molecule has 0 bridgehead atoms. The van der Waals surface area contributed by atoms with Gasteiger partial charge in [0, 0.05) is 69.7 Å². The molecule has 2 heterocycles. The summed E-state index contributed by atoms with van der Waals surface area (Å²) < 4.78 is 22.4. The highest BCUT2D eigenvalue weighted by molar-refractivity contribution is 6.33. The second-order valence-corrected chi connectivity index (χ2v) is 15.1. The summed E-state index contributed by atoms with van der Waals surface area (Å²) in [5.74, 6) is -1.28. The average molecular weight is 770 g/mol. The lowest BCUT2D eigenvalue weighted by Gasteiger charge is -2.33. The van der Waals surface area contributed by atoms with E-state index in [1.165, 1.54) is 12.1 Å². The van der Waals surface area contributed by atoms with Gasteiger partial charge in [0.15, 0.2) is 11.5 Å². The van der Waals surface area contributed by atoms with Crippen LogP contribution in [0.25, 0.3) is 0 Å². The van der Waals surface area contributed by atoms with Crippen LogP contribution in [-0.2, 0) is 9.47 Å². The van der Waals surface area contributed by atoms with Crippen molar-refractivity contribution in [1.29, 1.82) is 0 Å². The van der Waals surface area contributed by atoms with Gasteiger partial charge in [-0.1, -0.05) is 23.2 Å². The number of nitrogen functional groups attached to an aromatic ring is 1. The number of hydrogen-bond donors (Lipinski definition) is 3. The van der Waals surface area contributed by atoms with E-state index in [9.17, 15) is 29.3 Å². The van der Waals surface area contributed by atoms with Crippen LogP contribution in [0.4, 0.5) is 21.0 Å². The van der Waals surface area contributed by atoms with Gasteiger partial charge in [-0.2, -0.15) is 0 Å². The molecule has 2 aliphatic rings. The number of rotatable bonds is 7. The smallest absolute Gasteiger partial charge is 0.410 e. The molecule has 4 rings (SSSR count). The first kappa shape index (κ1) is 41.7. The van der Waals surface area contributed by atoms with E-state index in [4.69, 9.17) is 59.4 Å². The van der Waals surface area contributed by atoms with E-state index in [2.05, 4.69) is 0 Å². The Morgan fingerprint density at radius 1 is 0.712 bits per heavy atom. The molecule has 2 aromatic carbocycles. The van der Waals surface area contributed by atoms with Gasteiger partial charge in [0.2, 0.25) is 0 Å². The molecule has 286 valence electrons. The average Bonchev–Trinajstić information content (AvgIpc) is 3.02. The van der Waals surface area contributed by atoms with Gasteiger partial charge < -0.3 is 45.9 Å². The fraction of sp³-hybridized carbons (Fsp3) is 0.529. The number of likely N-dealkylation sites (tertiary alicyclic amines) is 2. The molecule has 52 heavy (non-hydrogen) atoms. The number of piperidine rings is 2. The summed E-state index contributed by atoms with van der Waals surface area (Å²) in [4.78, 5) is 60.9. The summed E-state index contributed by atoms with van der Waals surface area (Å²) in [5.41, 5.74) is 15.3. The van der Waals surface area contributed by atoms with Gasteiger partial charge in [-0.25, -0.2) is 9.59 Å². The van der Waals surface area contributed by atoms with Gasteiger partial charge in [-0.05, 0) is 53.7 Å². The molecule has 4 amide bonds. The van der Waals surface area contributed by atoms with Gasteiger partial charge in [0.25, 0.3) is 17.5 Å². The minimum absolute atomic E-state index is 0.0190. The topological polar surface area (TPSA) is 233 Å². The first-order chi connectivity index (χ1) is 24.0. The predicted molar refractivity (Wildman–Crippen MR) is 194 cm³/mol. The number of carbonyl (C=O) groups is 4. The van der Waals surface area contributed by atoms with Crippen molar-refractivity contribution in [3.05, 3.63) is 55.6 Å². The number of hydrogen-bond acceptors (Lipinski definition) is 11. The van der Waals surface area contributed by atoms with Crippen molar-refractivity contribution in [2.24, 2.45) is 11.5 Å². The number of nitro groups is 1. The lowest BCUT2D eigenvalue weighted by molar-refractivity contribution is -0.384. The van der Waals surface area contributed by atoms with E-state index < -0.39 is 34.0 Å². The molecule has 6 N–H and O–H groups in total. The number of nitrogens with two attached hydrogens (primary N) is 3. The number of carbonyl (C=O) groups excluding carboxylic acids is 4. The molecule has 0 aliphatic carbocycles. The maximum Gasteiger partial charge on any atom is 0.410 e. The van der Waals surface area contributed by atoms with Crippen LogP contribution >= 0.6 is 23.2 Å². The zero-order valence-electron chi connectivity index (χ0n) is 30.0. The van der Waals surface area contributed by atoms with Crippen LogP contribution in [0.5, 0.6) is 11.5 Å². The number of ether oxygens (including phenoxy) is 4. The van der Waals surface area contributed by atoms with Crippen molar-refractivity contribution in [2.75, 3.05) is 31.9 Å². The number of nitro benzene ring substituents is 1. The van der Waals surface area contributed by atoms with Gasteiger partial charge in [0.05, 0.1) is 26.1 Å². The van der Waals surface area contributed by atoms with Crippen LogP contribution in [0.2, 0.25) is 10.0 Å². The first-order valence-electron chi connectivity index (χ1n) is 16.5. The molecule has 0 aromatic heterocycles. The number of primary amides is 2. The second-order valence-electron chi connectivity index (χ2n) is 14.2. The molecule has 18 heteroatoms. The molecular formula is C34H46Cl2N6O10. The van der Waals surface area contributed by atoms with Crippen molar-refractivity contribution < 1.29 is 43.0 Å². The van der Waals surface area contributed by atoms with Crippen molar-refractivity contribution in [3.63, 3.8) is 0 Å². The Hall–Kier alpha value is -4.70. The van der Waals surface area contributed by atoms with Crippen molar-refractivity contribution in [3.8, 4) is 11.5 Å². The second kappa shape index (κ2) is 17.2. The molecule has 0 atom stereocenters. The summed E-state index contributed by atoms with van der Waals surface area (Å²) in [7, 11) is 0. The molecule has 16 nitrogen and oxygen atoms in total. The predicted octanol–water partition coefficient (Wildman–Crippen LogP) is 5.92. The lowest BCUT2D eigenvalue weighted by Crippen LogP contribution is -2.44. The number of amides is 4. The van der Waals surface area contributed by atoms with Crippen LogP contribution in [-0.4, -0.2) is 88.3 Å². The summed E-state index contributed by atoms with van der Waals surface area (Å²) in [6, 6.07) is 5.11. The van der Waals surface area contributed by atoms with Crippen LogP contribution < -0.4 is 26.7 Å². The highest BCUT2D eigenvalue weighted by Gasteiger charge is 2.31. The lowest BCUT2D eigenvalue weighted by atomic mass is 10.1. The van der Waals surface area contributed by atoms with E-state index in [1.807, 2.05) is 20.8 Å². The fourth-order valence-electron chi connectivity index (χ4n) is 5.20. The van der Waals surface area contributed by atoms with Crippen LogP contribution in [0.15, 0.2) is 24.3 Å². The molecule has 0 radical (unpaired) electrons. The SMILES string of the molecule is CC(C)(C)OC(=O)N1CCC(Oc2c(Cl)cc(N)cc2C(N)=O)CC1.CC(C)(C)OC(=O)N1CCC(Oc2c(Cl)cc([N+](=O)[O-])cc2C(N)=O)CC1. The zero-order valence-corrected chi connectivity index (χ0v) is 31.5. The summed E-state index contributed by atoms with van der Waals surface area (Å²) in [6.07, 6.45) is 0.936. The summed E-state index contributed by atoms with van der Waals surface area (Å²) in [5, 5.41) is 11.1. The van der Waals surface area contributed by atoms with E-state index in [0.717, 1.165) is 12.1 Å². The third-order valence-electron chi connectivity index (χ3n) is 7.59. The molecule has 2 aromatic rings. The minimum Gasteiger partial charge on any atom is -0.488 e. The number of benzene rings is 2. The van der Waals surface area contributed by atoms with Crippen LogP contribution in [0.3, 0.4) is 0 Å². The van der Waals surface area contributed by atoms with E-state index in [-0.39, 0.29) is 56.7 Å². The number of nitrogens with zero attached hydrogens (tertiary/aromatic N) is 3. The van der Waals surface area contributed by atoms with Crippen LogP contribution in [0, 0.1) is 10.1 Å². The van der Waals surface area contributed by atoms with Gasteiger partial charge in [0.1, 0.15) is 23.4 Å². The first-order valence-corrected chi connectivity index (χ1v) is 17.3. The largest absolute Gasteiger partial charge is 0.488 e. The standard InChI is InChI=1S/C17H22ClN3O6.C17H24ClN3O4/c1-17(2,3)27-16(23)20-6-4-11(5-7-20)26-14-12(15(19)22)8-10(21(24)25)9-13(14)18;1-17(2,3)25-16(23)21-6-4-11(5-7-21)24-14-12(15(20)22)8-10(19)9-13(14)18/h8-9,11H,4-7H2,1-3H3,(H2,19,22);8-9,11H,4-7,19H2,1-3H3,(H2,20,22). The van der Waals surface area contributed by atoms with Crippen molar-refractivity contribution in [2.45, 2.75) is 90.6 Å². The normalized spacial score (nSPS) is 15.5. The quantitative estimate of drug-likeness (QED) is 0.170. The number of non-ortho nitro benzene ring substituents is 1. The van der Waals surface area contributed by atoms with E-state index in [0.29, 0.717) is 57.5 Å². The maximum atomic E-state index is 12.1. The third-order valence-corrected chi connectivity index (χ3v) is 8.15. The molecule has 0 unspecified atom stereocenters. The molecule has 2 aliphatic heterocycles. The Morgan fingerprint density at radius 2 is 1.08 bits per heavy atom. The Morgan fingerprint density at radius 3 is 1.42 bits per heavy atom. The van der Waals surface area contributed by atoms with E-state index in [1.54, 1.807) is 30.6 Å². The Kier molecular flexibility index (Phi) is 13.8. The highest BCUT2D eigenvalue weighted by Crippen LogP contribution is 2.36. The highest BCUT2D eigenvalue weighted by atomic mass is 35.5. The Balaban J connectivity index is 0.000000281. The Bertz CT molecular complexity index is 1660. The molecule has 2 fully saturated rings. The number of anilines is 1. The zero-order chi connectivity index (χ0) is 39.1. The van der Waals surface area contributed by atoms with E-state index >= 15 is 0 Å². The van der Waals surface area contributed by atoms with Crippen LogP contribution in [0.1, 0.15) is 87.9 Å². The monoisotopic (exact) mass is 768 g/mol. The van der Waals surface area contributed by atoms with Gasteiger partial charge in [-0.15, -0.1) is 0 Å². The minimum atomic E-state index is -0.873. The van der Waals surface area contributed by atoms with Gasteiger partial charge in [-0.3, -0.25) is 19.7 Å². The third kappa shape index (κ3) is 12.2. The fourth-order valence-corrected chi connectivity index (χ4v) is 5.73. The molecule has 0 saturated carbocycles. The molecule has 0 spiro atoms. The summed E-state index contributed by atoms with van der Waals surface area (Å²) in [6.45, 7) is 12.7. The maximum absolute atomic E-state index is 12.1. The summed E-state index contributed by atoms with van der Waals surface area (Å²) >= 11 is 12.2. The van der Waals surface area contributed by atoms with Gasteiger partial charge >= 0.3 is 12.2 Å². The van der Waals surface area contributed by atoms with Crippen molar-refractivity contribution in [1.82, 2.24) is 9.80 Å². The number of halogens is 2. The molecular weight excluding hydrogens is 723 g/mol.